The summed E-state index contributed by atoms with van der Waals surface area (Å²) in [7, 11) is 0. The van der Waals surface area contributed by atoms with E-state index in [1.807, 2.05) is 13.8 Å². The van der Waals surface area contributed by atoms with Gasteiger partial charge in [0.05, 0.1) is 23.0 Å². The van der Waals surface area contributed by atoms with Crippen LogP contribution >= 0.6 is 0 Å². The summed E-state index contributed by atoms with van der Waals surface area (Å²) in [6.07, 6.45) is -5.31. The van der Waals surface area contributed by atoms with Crippen molar-refractivity contribution >= 4 is 28.5 Å². The average Bonchev–Trinajstić information content (AvgIpc) is 2.82. The molecule has 0 amide bonds. The lowest BCUT2D eigenvalue weighted by atomic mass is 9.89. The fourth-order valence-electron chi connectivity index (χ4n) is 3.92. The number of hydrogen-bond acceptors (Lipinski definition) is 8. The molecule has 1 aliphatic rings. The van der Waals surface area contributed by atoms with Crippen molar-refractivity contribution < 1.29 is 26.3 Å². The fourth-order valence-corrected chi connectivity index (χ4v) is 3.92. The summed E-state index contributed by atoms with van der Waals surface area (Å²) in [6.45, 7) is 4.39. The number of anilines is 3. The Bertz CT molecular complexity index is 1470. The van der Waals surface area contributed by atoms with Gasteiger partial charge in [0, 0.05) is 24.5 Å². The Morgan fingerprint density at radius 2 is 1.70 bits per heavy atom. The first-order valence-corrected chi connectivity index (χ1v) is 11.0. The number of hydrogen-bond donors (Lipinski definition) is 1. The third-order valence-corrected chi connectivity index (χ3v) is 6.08. The molecule has 14 heteroatoms. The predicted molar refractivity (Wildman–Crippen MR) is 122 cm³/mol. The summed E-state index contributed by atoms with van der Waals surface area (Å²) in [5.74, 6) is 0.218. The van der Waals surface area contributed by atoms with Crippen molar-refractivity contribution in [3.05, 3.63) is 54.0 Å². The second kappa shape index (κ2) is 8.49. The smallest absolute Gasteiger partial charge is 0.350 e. The standard InChI is InChI=1S/C23H18F6N8/c1-21(2)6-8-37(21)17-9-13(23(27,28)29)18(36-35-17)15-11-32-19-14(5-7-30-20(19)34-15)33-16-4-3-12(10-31-16)22(24,25)26/h3-5,7,9-11H,6,8H2,1-2H3,(H,30,31,33,34). The Morgan fingerprint density at radius 1 is 0.919 bits per heavy atom. The van der Waals surface area contributed by atoms with Crippen molar-refractivity contribution in [1.29, 1.82) is 0 Å². The number of aromatic nitrogens is 6. The molecule has 0 saturated carbocycles. The minimum Gasteiger partial charge on any atom is -0.350 e. The van der Waals surface area contributed by atoms with Crippen LogP contribution in [-0.4, -0.2) is 42.2 Å². The zero-order valence-corrected chi connectivity index (χ0v) is 19.4. The summed E-state index contributed by atoms with van der Waals surface area (Å²) in [6, 6.07) is 4.45. The van der Waals surface area contributed by atoms with Crippen molar-refractivity contribution in [2.24, 2.45) is 0 Å². The summed E-state index contributed by atoms with van der Waals surface area (Å²) in [5.41, 5.74) is -2.44. The molecule has 1 aliphatic heterocycles. The number of fused-ring (bicyclic) bond motifs is 1. The summed E-state index contributed by atoms with van der Waals surface area (Å²) in [5, 5.41) is 10.7. The summed E-state index contributed by atoms with van der Waals surface area (Å²) < 4.78 is 80.3. The molecule has 192 valence electrons. The minimum absolute atomic E-state index is 0.00251. The second-order valence-corrected chi connectivity index (χ2v) is 9.02. The van der Waals surface area contributed by atoms with E-state index < -0.39 is 29.2 Å². The fraction of sp³-hybridized carbons (Fsp3) is 0.304. The molecule has 8 nitrogen and oxygen atoms in total. The molecule has 0 atom stereocenters. The van der Waals surface area contributed by atoms with Gasteiger partial charge in [-0.05, 0) is 44.5 Å². The normalized spacial score (nSPS) is 15.5. The summed E-state index contributed by atoms with van der Waals surface area (Å²) in [4.78, 5) is 18.0. The Morgan fingerprint density at radius 3 is 2.30 bits per heavy atom. The lowest BCUT2D eigenvalue weighted by molar-refractivity contribution is -0.138. The van der Waals surface area contributed by atoms with Gasteiger partial charge >= 0.3 is 12.4 Å². The van der Waals surface area contributed by atoms with Gasteiger partial charge in [-0.15, -0.1) is 10.2 Å². The van der Waals surface area contributed by atoms with Gasteiger partial charge in [0.25, 0.3) is 0 Å². The summed E-state index contributed by atoms with van der Waals surface area (Å²) >= 11 is 0. The lowest BCUT2D eigenvalue weighted by Crippen LogP contribution is -2.56. The van der Waals surface area contributed by atoms with E-state index in [1.54, 1.807) is 4.90 Å². The third kappa shape index (κ3) is 4.70. The maximum Gasteiger partial charge on any atom is 0.418 e. The maximum atomic E-state index is 14.0. The second-order valence-electron chi connectivity index (χ2n) is 9.02. The van der Waals surface area contributed by atoms with Crippen molar-refractivity contribution in [2.75, 3.05) is 16.8 Å². The number of nitrogens with zero attached hydrogens (tertiary/aromatic N) is 7. The molecule has 0 aromatic carbocycles. The van der Waals surface area contributed by atoms with E-state index in [1.165, 1.54) is 12.3 Å². The molecule has 0 spiro atoms. The van der Waals surface area contributed by atoms with E-state index in [9.17, 15) is 26.3 Å². The van der Waals surface area contributed by atoms with Gasteiger partial charge in [0.1, 0.15) is 22.7 Å². The van der Waals surface area contributed by atoms with Crippen LogP contribution in [0.4, 0.5) is 43.7 Å². The molecule has 0 bridgehead atoms. The molecule has 1 N–H and O–H groups in total. The van der Waals surface area contributed by atoms with Crippen LogP contribution in [0, 0.1) is 0 Å². The first kappa shape index (κ1) is 24.6. The first-order valence-electron chi connectivity index (χ1n) is 11.0. The molecule has 1 saturated heterocycles. The van der Waals surface area contributed by atoms with Gasteiger partial charge in [-0.2, -0.15) is 26.3 Å². The Balaban J connectivity index is 1.50. The van der Waals surface area contributed by atoms with Gasteiger partial charge in [-0.25, -0.2) is 19.9 Å². The van der Waals surface area contributed by atoms with Crippen molar-refractivity contribution in [2.45, 2.75) is 38.2 Å². The molecule has 0 radical (unpaired) electrons. The highest BCUT2D eigenvalue weighted by molar-refractivity contribution is 5.87. The van der Waals surface area contributed by atoms with Crippen LogP contribution < -0.4 is 10.2 Å². The van der Waals surface area contributed by atoms with Gasteiger partial charge < -0.3 is 10.2 Å². The topological polar surface area (TPSA) is 92.6 Å². The number of nitrogens with one attached hydrogen (secondary N) is 1. The number of alkyl halides is 6. The molecule has 0 aliphatic carbocycles. The molecule has 4 aromatic heterocycles. The highest BCUT2D eigenvalue weighted by Crippen LogP contribution is 2.40. The van der Waals surface area contributed by atoms with E-state index >= 15 is 0 Å². The van der Waals surface area contributed by atoms with Crippen LogP contribution in [0.5, 0.6) is 0 Å². The van der Waals surface area contributed by atoms with Gasteiger partial charge in [0.2, 0.25) is 0 Å². The zero-order chi connectivity index (χ0) is 26.6. The van der Waals surface area contributed by atoms with E-state index in [2.05, 4.69) is 35.5 Å². The van der Waals surface area contributed by atoms with E-state index in [0.717, 1.165) is 30.8 Å². The molecule has 5 rings (SSSR count). The lowest BCUT2D eigenvalue weighted by Gasteiger charge is -2.49. The molecule has 4 aromatic rings. The van der Waals surface area contributed by atoms with Crippen molar-refractivity contribution in [3.8, 4) is 11.4 Å². The molecule has 0 unspecified atom stereocenters. The minimum atomic E-state index is -4.73. The van der Waals surface area contributed by atoms with Crippen LogP contribution in [-0.2, 0) is 12.4 Å². The molecule has 1 fully saturated rings. The highest BCUT2D eigenvalue weighted by Gasteiger charge is 2.41. The molecule has 37 heavy (non-hydrogen) atoms. The zero-order valence-electron chi connectivity index (χ0n) is 19.4. The van der Waals surface area contributed by atoms with E-state index in [-0.39, 0.29) is 34.0 Å². The maximum absolute atomic E-state index is 14.0. The Kier molecular flexibility index (Phi) is 5.64. The first-order chi connectivity index (χ1) is 17.3. The van der Waals surface area contributed by atoms with Gasteiger partial charge in [-0.3, -0.25) is 0 Å². The van der Waals surface area contributed by atoms with Crippen molar-refractivity contribution in [1.82, 2.24) is 30.1 Å². The van der Waals surface area contributed by atoms with Crippen LogP contribution in [0.3, 0.4) is 0 Å². The largest absolute Gasteiger partial charge is 0.418 e. The number of pyridine rings is 2. The quantitative estimate of drug-likeness (QED) is 0.346. The molecular weight excluding hydrogens is 502 g/mol. The Hall–Kier alpha value is -4.10. The van der Waals surface area contributed by atoms with Crippen LogP contribution in [0.15, 0.2) is 42.9 Å². The average molecular weight is 520 g/mol. The molecule has 5 heterocycles. The monoisotopic (exact) mass is 520 g/mol. The van der Waals surface area contributed by atoms with E-state index in [0.29, 0.717) is 18.4 Å². The van der Waals surface area contributed by atoms with E-state index in [4.69, 9.17) is 0 Å². The predicted octanol–water partition coefficient (Wildman–Crippen LogP) is 5.65. The number of halogens is 6. The van der Waals surface area contributed by atoms with Crippen LogP contribution in [0.1, 0.15) is 31.4 Å². The number of rotatable bonds is 4. The van der Waals surface area contributed by atoms with Gasteiger partial charge in [-0.1, -0.05) is 0 Å². The SMILES string of the molecule is CC1(C)CCN1c1cc(C(F)(F)F)c(-c2cnc3c(Nc4ccc(C(F)(F)F)cn4)ccnc3n2)nn1. The van der Waals surface area contributed by atoms with Gasteiger partial charge in [0.15, 0.2) is 11.5 Å². The van der Waals surface area contributed by atoms with Crippen LogP contribution in [0.2, 0.25) is 0 Å². The highest BCUT2D eigenvalue weighted by atomic mass is 19.4. The molecular formula is C23H18F6N8. The Labute approximate surface area is 205 Å². The third-order valence-electron chi connectivity index (χ3n) is 6.08. The van der Waals surface area contributed by atoms with Crippen LogP contribution in [0.25, 0.3) is 22.6 Å². The van der Waals surface area contributed by atoms with Crippen molar-refractivity contribution in [3.63, 3.8) is 0 Å².